The maximum absolute atomic E-state index is 11.9. The molecule has 3 N–H and O–H groups in total. The summed E-state index contributed by atoms with van der Waals surface area (Å²) in [5, 5.41) is 14.5. The second-order valence-electron chi connectivity index (χ2n) is 11.2. The maximum Gasteiger partial charge on any atom is 0.280 e. The molecule has 0 aliphatic carbocycles. The number of hydrogen-bond donors (Lipinski definition) is 2. The van der Waals surface area contributed by atoms with Gasteiger partial charge in [-0.15, -0.1) is 0 Å². The van der Waals surface area contributed by atoms with Gasteiger partial charge >= 0.3 is 0 Å². The molecule has 0 aliphatic heterocycles. The van der Waals surface area contributed by atoms with Crippen molar-refractivity contribution < 1.29 is 28.7 Å². The van der Waals surface area contributed by atoms with Gasteiger partial charge in [0.1, 0.15) is 24.7 Å². The molecule has 0 spiro atoms. The Morgan fingerprint density at radius 3 is 2.04 bits per heavy atom. The summed E-state index contributed by atoms with van der Waals surface area (Å²) >= 11 is 0. The number of nitro groups is 1. The van der Waals surface area contributed by atoms with Gasteiger partial charge in [-0.3, -0.25) is 14.9 Å². The van der Waals surface area contributed by atoms with E-state index in [-0.39, 0.29) is 42.5 Å². The zero-order chi connectivity index (χ0) is 34.5. The molecule has 0 fully saturated rings. The SMILES string of the molecule is COc1cc(COc2ccc(/C(=C(\C)c3ccccc3)c3ccc(OCCN(C)C)cc3)cc2)c([N+](=O)[O-])cc1OCC(=O)NCCN. The van der Waals surface area contributed by atoms with Gasteiger partial charge in [0.2, 0.25) is 0 Å². The lowest BCUT2D eigenvalue weighted by molar-refractivity contribution is -0.385. The number of carbonyl (C=O) groups is 1. The number of benzene rings is 4. The van der Waals surface area contributed by atoms with Crippen molar-refractivity contribution in [1.82, 2.24) is 10.2 Å². The van der Waals surface area contributed by atoms with Gasteiger partial charge in [-0.05, 0) is 79.2 Å². The predicted molar refractivity (Wildman–Crippen MR) is 187 cm³/mol. The lowest BCUT2D eigenvalue weighted by Crippen LogP contribution is -2.32. The van der Waals surface area contributed by atoms with Crippen molar-refractivity contribution in [1.29, 1.82) is 0 Å². The summed E-state index contributed by atoms with van der Waals surface area (Å²) in [5.74, 6) is 1.24. The molecule has 48 heavy (non-hydrogen) atoms. The van der Waals surface area contributed by atoms with Gasteiger partial charge in [0.25, 0.3) is 11.6 Å². The number of ether oxygens (including phenoxy) is 4. The molecule has 0 saturated carbocycles. The Bertz CT molecular complexity index is 1690. The van der Waals surface area contributed by atoms with Gasteiger partial charge in [0.15, 0.2) is 18.1 Å². The predicted octanol–water partition coefficient (Wildman–Crippen LogP) is 5.56. The summed E-state index contributed by atoms with van der Waals surface area (Å²) in [6, 6.07) is 28.6. The fourth-order valence-corrected chi connectivity index (χ4v) is 4.93. The molecule has 4 rings (SSSR count). The number of rotatable bonds is 17. The zero-order valence-electron chi connectivity index (χ0n) is 27.7. The van der Waals surface area contributed by atoms with Crippen LogP contribution in [0.25, 0.3) is 11.1 Å². The molecule has 0 aromatic heterocycles. The van der Waals surface area contributed by atoms with Crippen molar-refractivity contribution in [3.63, 3.8) is 0 Å². The molecule has 4 aromatic carbocycles. The Morgan fingerprint density at radius 1 is 0.854 bits per heavy atom. The third kappa shape index (κ3) is 9.81. The Hall–Kier alpha value is -5.39. The fourth-order valence-electron chi connectivity index (χ4n) is 4.93. The Labute approximate surface area is 281 Å². The third-order valence-electron chi connectivity index (χ3n) is 7.46. The number of hydrogen-bond acceptors (Lipinski definition) is 9. The molecular weight excluding hydrogens is 612 g/mol. The van der Waals surface area contributed by atoms with Crippen LogP contribution in [-0.2, 0) is 11.4 Å². The van der Waals surface area contributed by atoms with Gasteiger partial charge in [-0.2, -0.15) is 0 Å². The second kappa shape index (κ2) is 17.5. The number of nitrogens with one attached hydrogen (secondary N) is 1. The standard InChI is InChI=1S/C37H42N4O7/c1-26(27-8-6-5-7-9-27)37(28-10-14-31(15-11-28)46-21-20-40(2)3)29-12-16-32(17-13-29)47-24-30-22-34(45-4)35(23-33(30)41(43)44)48-25-36(42)39-19-18-38/h5-17,22-23H,18-21,24-25,38H2,1-4H3,(H,39,42)/b37-26+. The van der Waals surface area contributed by atoms with E-state index in [0.717, 1.165) is 40.1 Å². The number of methoxy groups -OCH3 is 1. The topological polar surface area (TPSA) is 138 Å². The van der Waals surface area contributed by atoms with Crippen LogP contribution in [0.2, 0.25) is 0 Å². The largest absolute Gasteiger partial charge is 0.493 e. The van der Waals surface area contributed by atoms with Crippen molar-refractivity contribution in [2.24, 2.45) is 5.73 Å². The van der Waals surface area contributed by atoms with Crippen LogP contribution in [0, 0.1) is 10.1 Å². The van der Waals surface area contributed by atoms with E-state index in [9.17, 15) is 14.9 Å². The Morgan fingerprint density at radius 2 is 1.48 bits per heavy atom. The van der Waals surface area contributed by atoms with Crippen LogP contribution >= 0.6 is 0 Å². The molecular formula is C37H42N4O7. The molecule has 0 radical (unpaired) electrons. The maximum atomic E-state index is 11.9. The summed E-state index contributed by atoms with van der Waals surface area (Å²) in [7, 11) is 5.44. The van der Waals surface area contributed by atoms with Crippen LogP contribution in [0.5, 0.6) is 23.0 Å². The quantitative estimate of drug-likeness (QED) is 0.0852. The fraction of sp³-hybridized carbons (Fsp3) is 0.270. The minimum absolute atomic E-state index is 0.0708. The van der Waals surface area contributed by atoms with E-state index in [4.69, 9.17) is 24.7 Å². The molecule has 0 aliphatic rings. The number of nitrogens with two attached hydrogens (primary N) is 1. The number of allylic oxidation sites excluding steroid dienone is 1. The van der Waals surface area contributed by atoms with Gasteiger partial charge in [-0.25, -0.2) is 0 Å². The van der Waals surface area contributed by atoms with E-state index < -0.39 is 10.8 Å². The number of carbonyl (C=O) groups excluding carboxylic acids is 1. The van der Waals surface area contributed by atoms with E-state index in [0.29, 0.717) is 18.9 Å². The molecule has 4 aromatic rings. The van der Waals surface area contributed by atoms with Crippen molar-refractivity contribution in [3.05, 3.63) is 123 Å². The summed E-state index contributed by atoms with van der Waals surface area (Å²) in [6.45, 7) is 3.66. The van der Waals surface area contributed by atoms with Crippen molar-refractivity contribution in [3.8, 4) is 23.0 Å². The molecule has 252 valence electrons. The van der Waals surface area contributed by atoms with Gasteiger partial charge < -0.3 is 34.9 Å². The van der Waals surface area contributed by atoms with E-state index in [1.807, 2.05) is 68.7 Å². The number of nitrogens with zero attached hydrogens (tertiary/aromatic N) is 2. The van der Waals surface area contributed by atoms with E-state index >= 15 is 0 Å². The Kier molecular flexibility index (Phi) is 12.9. The molecule has 1 amide bonds. The van der Waals surface area contributed by atoms with Gasteiger partial charge in [0, 0.05) is 19.6 Å². The molecule has 11 nitrogen and oxygen atoms in total. The normalized spacial score (nSPS) is 11.5. The van der Waals surface area contributed by atoms with Crippen LogP contribution in [0.4, 0.5) is 5.69 Å². The van der Waals surface area contributed by atoms with Crippen LogP contribution in [0.15, 0.2) is 91.0 Å². The van der Waals surface area contributed by atoms with Crippen LogP contribution in [-0.4, -0.2) is 69.8 Å². The van der Waals surface area contributed by atoms with E-state index in [2.05, 4.69) is 41.4 Å². The number of amides is 1. The summed E-state index contributed by atoms with van der Waals surface area (Å²) < 4.78 is 22.8. The summed E-state index contributed by atoms with van der Waals surface area (Å²) in [6.07, 6.45) is 0. The lowest BCUT2D eigenvalue weighted by atomic mass is 9.90. The Balaban J connectivity index is 1.55. The summed E-state index contributed by atoms with van der Waals surface area (Å²) in [5.41, 5.74) is 10.7. The van der Waals surface area contributed by atoms with Crippen LogP contribution in [0.3, 0.4) is 0 Å². The highest BCUT2D eigenvalue weighted by atomic mass is 16.6. The molecule has 0 heterocycles. The average Bonchev–Trinajstić information content (AvgIpc) is 3.10. The average molecular weight is 655 g/mol. The minimum Gasteiger partial charge on any atom is -0.493 e. The number of likely N-dealkylation sites (N-methyl/N-ethyl adjacent to an activating group) is 1. The van der Waals surface area contributed by atoms with Crippen molar-refractivity contribution in [2.75, 3.05) is 54.1 Å². The van der Waals surface area contributed by atoms with E-state index in [1.165, 1.54) is 19.2 Å². The molecule has 0 bridgehead atoms. The monoisotopic (exact) mass is 654 g/mol. The van der Waals surface area contributed by atoms with Crippen molar-refractivity contribution >= 4 is 22.7 Å². The molecule has 0 saturated heterocycles. The molecule has 11 heteroatoms. The first-order valence-electron chi connectivity index (χ1n) is 15.5. The third-order valence-corrected chi connectivity index (χ3v) is 7.46. The van der Waals surface area contributed by atoms with Crippen molar-refractivity contribution in [2.45, 2.75) is 13.5 Å². The number of nitro benzene ring substituents is 1. The first kappa shape index (κ1) is 35.5. The van der Waals surface area contributed by atoms with Gasteiger partial charge in [-0.1, -0.05) is 54.6 Å². The minimum atomic E-state index is -0.523. The highest BCUT2D eigenvalue weighted by molar-refractivity contribution is 5.98. The van der Waals surface area contributed by atoms with E-state index in [1.54, 1.807) is 0 Å². The highest BCUT2D eigenvalue weighted by Crippen LogP contribution is 2.36. The van der Waals surface area contributed by atoms with Crippen LogP contribution in [0.1, 0.15) is 29.2 Å². The zero-order valence-corrected chi connectivity index (χ0v) is 27.7. The van der Waals surface area contributed by atoms with Crippen LogP contribution < -0.4 is 30.0 Å². The summed E-state index contributed by atoms with van der Waals surface area (Å²) in [4.78, 5) is 25.4. The highest BCUT2D eigenvalue weighted by Gasteiger charge is 2.21. The second-order valence-corrected chi connectivity index (χ2v) is 11.2. The first-order chi connectivity index (χ1) is 23.2. The molecule has 0 atom stereocenters. The lowest BCUT2D eigenvalue weighted by Gasteiger charge is -2.16. The smallest absolute Gasteiger partial charge is 0.280 e. The van der Waals surface area contributed by atoms with Gasteiger partial charge in [0.05, 0.1) is 23.7 Å². The first-order valence-corrected chi connectivity index (χ1v) is 15.5. The molecule has 0 unspecified atom stereocenters.